The minimum atomic E-state index is -1.30. The second kappa shape index (κ2) is 3.68. The summed E-state index contributed by atoms with van der Waals surface area (Å²) in [5, 5.41) is 36.0. The number of aliphatic hydroxyl groups excluding tert-OH is 4. The molecule has 1 rings (SSSR count). The third kappa shape index (κ3) is 1.94. The molecular weight excluding hydrogens is 162 g/mol. The van der Waals surface area contributed by atoms with Gasteiger partial charge in [0, 0.05) is 12.0 Å². The van der Waals surface area contributed by atoms with Crippen LogP contribution in [0.2, 0.25) is 0 Å². The quantitative estimate of drug-likeness (QED) is 0.324. The van der Waals surface area contributed by atoms with Crippen molar-refractivity contribution in [2.24, 2.45) is 11.7 Å². The first-order valence-electron chi connectivity index (χ1n) is 3.98. The van der Waals surface area contributed by atoms with E-state index in [1.807, 2.05) is 0 Å². The van der Waals surface area contributed by atoms with E-state index in [9.17, 15) is 10.2 Å². The van der Waals surface area contributed by atoms with E-state index in [4.69, 9.17) is 15.9 Å². The van der Waals surface area contributed by atoms with E-state index < -0.39 is 24.9 Å². The second-order valence-corrected chi connectivity index (χ2v) is 3.29. The highest BCUT2D eigenvalue weighted by Crippen LogP contribution is 2.33. The molecule has 1 saturated carbocycles. The van der Waals surface area contributed by atoms with Crippen LogP contribution in [0.3, 0.4) is 0 Å². The third-order valence-electron chi connectivity index (χ3n) is 2.26. The Balaban J connectivity index is 2.35. The largest absolute Gasteiger partial charge is 0.394 e. The van der Waals surface area contributed by atoms with Gasteiger partial charge in [-0.3, -0.25) is 0 Å². The van der Waals surface area contributed by atoms with Crippen molar-refractivity contribution in [3.8, 4) is 0 Å². The summed E-state index contributed by atoms with van der Waals surface area (Å²) in [6, 6.07) is -0.0828. The van der Waals surface area contributed by atoms with Crippen LogP contribution in [0.15, 0.2) is 0 Å². The van der Waals surface area contributed by atoms with Gasteiger partial charge < -0.3 is 26.2 Å². The van der Waals surface area contributed by atoms with Gasteiger partial charge >= 0.3 is 0 Å². The molecular formula is C7H15NO4. The van der Waals surface area contributed by atoms with E-state index in [-0.39, 0.29) is 12.0 Å². The Morgan fingerprint density at radius 3 is 2.17 bits per heavy atom. The van der Waals surface area contributed by atoms with Crippen LogP contribution in [0.1, 0.15) is 6.42 Å². The topological polar surface area (TPSA) is 107 Å². The number of rotatable bonds is 4. The van der Waals surface area contributed by atoms with E-state index in [2.05, 4.69) is 0 Å². The van der Waals surface area contributed by atoms with E-state index in [1.54, 1.807) is 0 Å². The standard InChI is InChI=1S/C7H15NO4/c8-4-1-3(4)6(11)7(12)5(10)2-9/h3-7,9-12H,1-2,8H2/t3?,4?,5-,6+,7+/m1/s1. The lowest BCUT2D eigenvalue weighted by atomic mass is 10.0. The smallest absolute Gasteiger partial charge is 0.108 e. The predicted molar refractivity (Wildman–Crippen MR) is 41.2 cm³/mol. The molecule has 72 valence electrons. The molecule has 5 nitrogen and oxygen atoms in total. The van der Waals surface area contributed by atoms with Crippen LogP contribution < -0.4 is 5.73 Å². The summed E-state index contributed by atoms with van der Waals surface area (Å²) in [5.74, 6) is -0.138. The van der Waals surface area contributed by atoms with Crippen molar-refractivity contribution in [3.63, 3.8) is 0 Å². The van der Waals surface area contributed by atoms with Gasteiger partial charge in [-0.2, -0.15) is 0 Å². The molecule has 1 aliphatic carbocycles. The van der Waals surface area contributed by atoms with Crippen molar-refractivity contribution < 1.29 is 20.4 Å². The summed E-state index contributed by atoms with van der Waals surface area (Å²) < 4.78 is 0. The molecule has 0 aromatic carbocycles. The molecule has 0 amide bonds. The van der Waals surface area contributed by atoms with Crippen molar-refractivity contribution in [3.05, 3.63) is 0 Å². The lowest BCUT2D eigenvalue weighted by Gasteiger charge is -2.21. The maximum absolute atomic E-state index is 9.33. The van der Waals surface area contributed by atoms with Gasteiger partial charge in [0.15, 0.2) is 0 Å². The monoisotopic (exact) mass is 177 g/mol. The average Bonchev–Trinajstić information content (AvgIpc) is 2.78. The van der Waals surface area contributed by atoms with Crippen LogP contribution in [0.25, 0.3) is 0 Å². The molecule has 5 heteroatoms. The number of hydrogen-bond acceptors (Lipinski definition) is 5. The van der Waals surface area contributed by atoms with E-state index in [1.165, 1.54) is 0 Å². The SMILES string of the molecule is NC1CC1[C@H](O)[C@@H](O)[C@H](O)CO. The maximum atomic E-state index is 9.33. The highest BCUT2D eigenvalue weighted by molar-refractivity contribution is 4.98. The van der Waals surface area contributed by atoms with E-state index >= 15 is 0 Å². The molecule has 2 unspecified atom stereocenters. The molecule has 6 N–H and O–H groups in total. The van der Waals surface area contributed by atoms with Crippen molar-refractivity contribution in [2.45, 2.75) is 30.8 Å². The van der Waals surface area contributed by atoms with Crippen molar-refractivity contribution >= 4 is 0 Å². The molecule has 1 fully saturated rings. The van der Waals surface area contributed by atoms with Gasteiger partial charge in [0.25, 0.3) is 0 Å². The highest BCUT2D eigenvalue weighted by Gasteiger charge is 2.44. The normalized spacial score (nSPS) is 35.8. The van der Waals surface area contributed by atoms with Gasteiger partial charge in [0.1, 0.15) is 12.2 Å². The highest BCUT2D eigenvalue weighted by atomic mass is 16.4. The fourth-order valence-corrected chi connectivity index (χ4v) is 1.22. The van der Waals surface area contributed by atoms with Crippen molar-refractivity contribution in [1.29, 1.82) is 0 Å². The van der Waals surface area contributed by atoms with Crippen LogP contribution in [0, 0.1) is 5.92 Å². The van der Waals surface area contributed by atoms with E-state index in [0.717, 1.165) is 0 Å². The minimum Gasteiger partial charge on any atom is -0.394 e. The Bertz CT molecular complexity index is 146. The zero-order valence-electron chi connectivity index (χ0n) is 6.67. The minimum absolute atomic E-state index is 0.0828. The molecule has 12 heavy (non-hydrogen) atoms. The van der Waals surface area contributed by atoms with Crippen molar-refractivity contribution in [2.75, 3.05) is 6.61 Å². The fourth-order valence-electron chi connectivity index (χ4n) is 1.22. The first-order chi connectivity index (χ1) is 5.57. The summed E-state index contributed by atoms with van der Waals surface area (Å²) in [7, 11) is 0. The first-order valence-corrected chi connectivity index (χ1v) is 3.98. The summed E-state index contributed by atoms with van der Waals surface area (Å²) in [6.07, 6.45) is -2.94. The van der Waals surface area contributed by atoms with Gasteiger partial charge in [-0.15, -0.1) is 0 Å². The number of aliphatic hydroxyl groups is 4. The van der Waals surface area contributed by atoms with Gasteiger partial charge in [0.2, 0.25) is 0 Å². The first kappa shape index (κ1) is 9.88. The molecule has 0 heterocycles. The van der Waals surface area contributed by atoms with Crippen LogP contribution in [0.4, 0.5) is 0 Å². The van der Waals surface area contributed by atoms with E-state index in [0.29, 0.717) is 6.42 Å². The Hall–Kier alpha value is -0.200. The van der Waals surface area contributed by atoms with Crippen LogP contribution in [-0.4, -0.2) is 51.4 Å². The Morgan fingerprint density at radius 2 is 1.83 bits per heavy atom. The Morgan fingerprint density at radius 1 is 1.33 bits per heavy atom. The number of nitrogens with two attached hydrogens (primary N) is 1. The zero-order valence-corrected chi connectivity index (χ0v) is 6.67. The lowest BCUT2D eigenvalue weighted by Crippen LogP contribution is -2.41. The van der Waals surface area contributed by atoms with Crippen LogP contribution in [0.5, 0.6) is 0 Å². The lowest BCUT2D eigenvalue weighted by molar-refractivity contribution is -0.0832. The molecule has 0 aromatic heterocycles. The van der Waals surface area contributed by atoms with Crippen LogP contribution >= 0.6 is 0 Å². The third-order valence-corrected chi connectivity index (χ3v) is 2.26. The van der Waals surface area contributed by atoms with Gasteiger partial charge in [0.05, 0.1) is 12.7 Å². The molecule has 5 atom stereocenters. The summed E-state index contributed by atoms with van der Waals surface area (Å²) in [4.78, 5) is 0. The van der Waals surface area contributed by atoms with Crippen molar-refractivity contribution in [1.82, 2.24) is 0 Å². The Kier molecular flexibility index (Phi) is 3.03. The predicted octanol–water partition coefficient (Wildman–Crippen LogP) is -2.59. The summed E-state index contributed by atoms with van der Waals surface area (Å²) >= 11 is 0. The fraction of sp³-hybridized carbons (Fsp3) is 1.00. The second-order valence-electron chi connectivity index (χ2n) is 3.29. The number of hydrogen-bond donors (Lipinski definition) is 5. The van der Waals surface area contributed by atoms with Gasteiger partial charge in [-0.25, -0.2) is 0 Å². The molecule has 1 aliphatic rings. The summed E-state index contributed by atoms with van der Waals surface area (Å²) in [6.45, 7) is -0.555. The average molecular weight is 177 g/mol. The van der Waals surface area contributed by atoms with Gasteiger partial charge in [-0.05, 0) is 6.42 Å². The molecule has 0 spiro atoms. The van der Waals surface area contributed by atoms with Gasteiger partial charge in [-0.1, -0.05) is 0 Å². The molecule has 0 aromatic rings. The molecule has 0 bridgehead atoms. The Labute approximate surface area is 70.4 Å². The zero-order chi connectivity index (χ0) is 9.30. The molecule has 0 radical (unpaired) electrons. The maximum Gasteiger partial charge on any atom is 0.108 e. The molecule has 0 aliphatic heterocycles. The summed E-state index contributed by atoms with van der Waals surface area (Å²) in [5.41, 5.74) is 5.43. The van der Waals surface area contributed by atoms with Crippen LogP contribution in [-0.2, 0) is 0 Å². The molecule has 0 saturated heterocycles.